The lowest BCUT2D eigenvalue weighted by Crippen LogP contribution is -2.63. The van der Waals surface area contributed by atoms with Crippen LogP contribution in [0.2, 0.25) is 5.02 Å². The summed E-state index contributed by atoms with van der Waals surface area (Å²) in [5.41, 5.74) is 10.6. The van der Waals surface area contributed by atoms with E-state index in [0.717, 1.165) is 11.1 Å². The number of alkyl carbamates (subject to hydrolysis) is 1. The molecule has 0 aliphatic carbocycles. The van der Waals surface area contributed by atoms with Crippen LogP contribution in [0.5, 0.6) is 5.75 Å². The van der Waals surface area contributed by atoms with E-state index in [4.69, 9.17) is 46.8 Å². The number of fused-ring (bicyclic) bond motifs is 5. The summed E-state index contributed by atoms with van der Waals surface area (Å²) in [5, 5.41) is 32.0. The number of allylic oxidation sites excluding steroid dienone is 3. The third kappa shape index (κ3) is 13.9. The van der Waals surface area contributed by atoms with Gasteiger partial charge in [-0.25, -0.2) is 9.59 Å². The van der Waals surface area contributed by atoms with Crippen molar-refractivity contribution in [2.75, 3.05) is 45.1 Å². The molecule has 3 aliphatic rings. The van der Waals surface area contributed by atoms with Gasteiger partial charge >= 0.3 is 12.1 Å². The second kappa shape index (κ2) is 24.4. The number of halogens is 1. The Labute approximate surface area is 425 Å². The molecule has 2 fully saturated rings. The molecule has 396 valence electrons. The number of esters is 1. The molecular weight excluding hydrogens is 956 g/mol. The van der Waals surface area contributed by atoms with Crippen molar-refractivity contribution in [3.8, 4) is 5.75 Å². The minimum Gasteiger partial charge on any atom is -0.495 e. The topological polar surface area (TPSA) is 299 Å². The summed E-state index contributed by atoms with van der Waals surface area (Å²) in [4.78, 5) is 84.3. The molecular formula is C50H71ClN8O13. The van der Waals surface area contributed by atoms with Gasteiger partial charge in [-0.2, -0.15) is 0 Å². The first kappa shape index (κ1) is 57.3. The molecule has 11 atom stereocenters. The number of hydrogen-bond acceptors (Lipinski definition) is 16. The number of amides is 5. The van der Waals surface area contributed by atoms with Crippen LogP contribution < -0.4 is 42.4 Å². The Hall–Kier alpha value is -5.65. The van der Waals surface area contributed by atoms with Gasteiger partial charge in [0.1, 0.15) is 46.8 Å². The highest BCUT2D eigenvalue weighted by Crippen LogP contribution is 2.49. The Balaban J connectivity index is 1.38. The quantitative estimate of drug-likeness (QED) is 0.0519. The lowest BCUT2D eigenvalue weighted by Gasteiger charge is -2.42. The first-order valence-electron chi connectivity index (χ1n) is 23.8. The molecule has 22 heteroatoms. The van der Waals surface area contributed by atoms with Crippen molar-refractivity contribution in [3.63, 3.8) is 0 Å². The van der Waals surface area contributed by atoms with Crippen molar-refractivity contribution >= 4 is 58.7 Å². The molecule has 0 saturated carbocycles. The van der Waals surface area contributed by atoms with Crippen molar-refractivity contribution < 1.29 is 62.7 Å². The van der Waals surface area contributed by atoms with Crippen LogP contribution in [-0.2, 0) is 44.5 Å². The smallest absolute Gasteiger partial charge is 0.409 e. The zero-order chi connectivity index (χ0) is 53.4. The van der Waals surface area contributed by atoms with E-state index >= 15 is 0 Å². The average Bonchev–Trinajstić information content (AvgIpc) is 4.03. The summed E-state index contributed by atoms with van der Waals surface area (Å²) >= 11 is 6.82. The summed E-state index contributed by atoms with van der Waals surface area (Å²) in [6, 6.07) is 6.38. The number of rotatable bonds is 16. The summed E-state index contributed by atoms with van der Waals surface area (Å²) < 4.78 is 29.5. The molecule has 3 aliphatic heterocycles. The third-order valence-corrected chi connectivity index (χ3v) is 13.9. The largest absolute Gasteiger partial charge is 0.495 e. The van der Waals surface area contributed by atoms with Gasteiger partial charge in [0, 0.05) is 44.8 Å². The van der Waals surface area contributed by atoms with E-state index in [1.807, 2.05) is 13.0 Å². The number of carbonyl (C=O) groups is 6. The van der Waals surface area contributed by atoms with E-state index in [9.17, 15) is 39.0 Å². The number of nitrogens with two attached hydrogens (primary N) is 2. The molecule has 4 bridgehead atoms. The van der Waals surface area contributed by atoms with E-state index in [1.165, 1.54) is 69.3 Å². The maximum atomic E-state index is 14.4. The van der Waals surface area contributed by atoms with Crippen LogP contribution in [0.1, 0.15) is 83.1 Å². The monoisotopic (exact) mass is 1030 g/mol. The summed E-state index contributed by atoms with van der Waals surface area (Å²) in [6.45, 7) is 10.6. The lowest BCUT2D eigenvalue weighted by molar-refractivity contribution is -0.158. The van der Waals surface area contributed by atoms with E-state index in [-0.39, 0.29) is 35.9 Å². The Morgan fingerprint density at radius 2 is 1.76 bits per heavy atom. The number of aliphatic hydroxyl groups is 2. The molecule has 2 saturated heterocycles. The maximum Gasteiger partial charge on any atom is 0.409 e. The molecule has 0 spiro atoms. The maximum absolute atomic E-state index is 14.4. The molecule has 1 unspecified atom stereocenters. The molecule has 72 heavy (non-hydrogen) atoms. The summed E-state index contributed by atoms with van der Waals surface area (Å²) in [5.74, 6) is -3.47. The number of hydrogen-bond donors (Lipinski definition) is 8. The standard InChI is InChI=1S/C50H71ClN8O13/c1-26(2)41(52)44(62)56-33(14-12-20-54-47(53)65)43(61)55-32-18-16-31(17-19-32)45(63)58(7)29(5)46(64)71-38-24-39(60)59(8)34-22-30(23-35(68-9)40(34)51)21-27(3)13-11-15-37(69-10)50(67)25-36(70-48(66)57-50)28(4)42-49(38,6)72-42/h11,13,15-19,22-23,26,28-29,33,36-38,41-42,47,54,65,67H,12,14,20-21,24-25,52-53H2,1-10H3,(H,55,61)(H,56,62)(H,57,66)/b15-11+,27-13+/t28-,29+,33+,36+,37-,38+,41+,42+,47?,49+,50+/m1/s1. The molecule has 10 N–H and O–H groups in total. The Morgan fingerprint density at radius 3 is 2.39 bits per heavy atom. The van der Waals surface area contributed by atoms with Crippen molar-refractivity contribution in [1.82, 2.24) is 20.9 Å². The molecule has 2 aromatic carbocycles. The zero-order valence-corrected chi connectivity index (χ0v) is 43.3. The van der Waals surface area contributed by atoms with Gasteiger partial charge in [-0.15, -0.1) is 0 Å². The normalized spacial score (nSPS) is 27.3. The number of nitrogens with one attached hydrogen (secondary N) is 4. The molecule has 3 heterocycles. The van der Waals surface area contributed by atoms with Gasteiger partial charge in [0.2, 0.25) is 17.7 Å². The van der Waals surface area contributed by atoms with Crippen molar-refractivity contribution in [2.24, 2.45) is 23.3 Å². The highest BCUT2D eigenvalue weighted by molar-refractivity contribution is 6.35. The lowest BCUT2D eigenvalue weighted by atomic mass is 9.83. The number of methoxy groups -OCH3 is 2. The van der Waals surface area contributed by atoms with E-state index in [1.54, 1.807) is 52.0 Å². The number of likely N-dealkylation sites (N-methyl/N-ethyl adjacent to an activating group) is 1. The van der Waals surface area contributed by atoms with Crippen LogP contribution in [0.15, 0.2) is 60.2 Å². The first-order valence-corrected chi connectivity index (χ1v) is 24.2. The number of nitrogens with zero attached hydrogens (tertiary/aromatic N) is 2. The number of benzene rings is 2. The molecule has 2 aromatic rings. The van der Waals surface area contributed by atoms with Crippen molar-refractivity contribution in [1.29, 1.82) is 0 Å². The third-order valence-electron chi connectivity index (χ3n) is 13.5. The Kier molecular flexibility index (Phi) is 19.4. The van der Waals surface area contributed by atoms with Crippen LogP contribution in [-0.4, -0.2) is 146 Å². The van der Waals surface area contributed by atoms with Crippen molar-refractivity contribution in [3.05, 3.63) is 76.3 Å². The predicted molar refractivity (Wildman–Crippen MR) is 268 cm³/mol. The number of carbonyl (C=O) groups excluding carboxylic acids is 6. The summed E-state index contributed by atoms with van der Waals surface area (Å²) in [7, 11) is 5.82. The number of aliphatic hydroxyl groups excluding tert-OH is 1. The second-order valence-electron chi connectivity index (χ2n) is 19.3. The van der Waals surface area contributed by atoms with Gasteiger partial charge in [-0.1, -0.05) is 56.2 Å². The Bertz CT molecular complexity index is 2370. The molecule has 5 rings (SSSR count). The minimum absolute atomic E-state index is 0.110. The van der Waals surface area contributed by atoms with E-state index in [0.29, 0.717) is 30.0 Å². The average molecular weight is 1030 g/mol. The highest BCUT2D eigenvalue weighted by Gasteiger charge is 2.64. The van der Waals surface area contributed by atoms with Gasteiger partial charge in [-0.05, 0) is 94.5 Å². The number of epoxide rings is 1. The predicted octanol–water partition coefficient (Wildman–Crippen LogP) is 2.84. The van der Waals surface area contributed by atoms with Gasteiger partial charge in [-0.3, -0.25) is 35.5 Å². The molecule has 0 radical (unpaired) electrons. The number of anilines is 2. The molecule has 21 nitrogen and oxygen atoms in total. The SMILES string of the molecule is COc1cc2cc(c1Cl)N(C)C(=O)C[C@H](OC(=O)[C@H](C)N(C)C(=O)c1ccc(NC(=O)[C@H](CCCNC(N)O)NC(=O)[C@@H](N)C(C)C)cc1)[C@]1(C)O[C@H]1[C@H](C)[C@@H]1C[C@@](O)(NC(=O)O1)[C@H](OC)/C=C/C=C(\C)C2. The van der Waals surface area contributed by atoms with Gasteiger partial charge in [0.25, 0.3) is 5.91 Å². The van der Waals surface area contributed by atoms with Gasteiger partial charge < -0.3 is 60.1 Å². The van der Waals surface area contributed by atoms with Crippen LogP contribution in [0.3, 0.4) is 0 Å². The van der Waals surface area contributed by atoms with E-state index in [2.05, 4.69) is 21.3 Å². The molecule has 5 amide bonds. The molecule has 0 aromatic heterocycles. The van der Waals surface area contributed by atoms with Crippen LogP contribution in [0, 0.1) is 11.8 Å². The Morgan fingerprint density at radius 1 is 1.08 bits per heavy atom. The van der Waals surface area contributed by atoms with Gasteiger partial charge in [0.05, 0.1) is 31.4 Å². The fourth-order valence-electron chi connectivity index (χ4n) is 8.70. The second-order valence-corrected chi connectivity index (χ2v) is 19.6. The minimum atomic E-state index is -1.89. The first-order chi connectivity index (χ1) is 33.8. The van der Waals surface area contributed by atoms with Crippen molar-refractivity contribution in [2.45, 2.75) is 134 Å². The fraction of sp³-hybridized carbons (Fsp3) is 0.560. The summed E-state index contributed by atoms with van der Waals surface area (Å²) in [6.07, 6.45) is -0.426. The van der Waals surface area contributed by atoms with E-state index < -0.39 is 108 Å². The van der Waals surface area contributed by atoms with Crippen LogP contribution in [0.25, 0.3) is 0 Å². The number of ether oxygens (including phenoxy) is 5. The van der Waals surface area contributed by atoms with Crippen LogP contribution >= 0.6 is 11.6 Å². The highest BCUT2D eigenvalue weighted by atomic mass is 35.5. The fourth-order valence-corrected chi connectivity index (χ4v) is 9.02. The van der Waals surface area contributed by atoms with Crippen LogP contribution in [0.4, 0.5) is 16.2 Å². The van der Waals surface area contributed by atoms with Gasteiger partial charge in [0.15, 0.2) is 12.1 Å². The zero-order valence-electron chi connectivity index (χ0n) is 42.5.